The van der Waals surface area contributed by atoms with Crippen LogP contribution in [0.2, 0.25) is 5.02 Å². The molecule has 0 saturated carbocycles. The van der Waals surface area contributed by atoms with Crippen LogP contribution in [0.3, 0.4) is 0 Å². The number of nitrogens with zero attached hydrogens (tertiary/aromatic N) is 3. The summed E-state index contributed by atoms with van der Waals surface area (Å²) >= 11 is 8.69. The average Bonchev–Trinajstić information content (AvgIpc) is 3.36. The first-order chi connectivity index (χ1) is 15.5. The zero-order valence-electron chi connectivity index (χ0n) is 17.2. The molecule has 0 aliphatic heterocycles. The number of para-hydroxylation sites is 1. The maximum atomic E-state index is 12.3. The predicted octanol–water partition coefficient (Wildman–Crippen LogP) is 4.62. The van der Waals surface area contributed by atoms with E-state index in [1.807, 2.05) is 37.4 Å². The van der Waals surface area contributed by atoms with E-state index in [4.69, 9.17) is 11.6 Å². The third kappa shape index (κ3) is 5.48. The molecule has 164 valence electrons. The van der Waals surface area contributed by atoms with Crippen LogP contribution >= 0.6 is 34.7 Å². The second-order valence-corrected chi connectivity index (χ2v) is 9.57. The highest BCUT2D eigenvalue weighted by Gasteiger charge is 2.12. The topological polar surface area (TPSA) is 88.9 Å². The van der Waals surface area contributed by atoms with Crippen molar-refractivity contribution in [2.24, 2.45) is 0 Å². The number of thioether (sulfide) groups is 1. The number of benzene rings is 2. The maximum Gasteiger partial charge on any atom is 0.251 e. The maximum absolute atomic E-state index is 12.3. The third-order valence-corrected chi connectivity index (χ3v) is 6.68. The molecule has 0 spiro atoms. The van der Waals surface area contributed by atoms with Gasteiger partial charge >= 0.3 is 0 Å². The van der Waals surface area contributed by atoms with Crippen molar-refractivity contribution in [3.8, 4) is 0 Å². The van der Waals surface area contributed by atoms with Crippen LogP contribution in [0.1, 0.15) is 15.4 Å². The van der Waals surface area contributed by atoms with Gasteiger partial charge in [-0.1, -0.05) is 41.1 Å². The molecule has 2 heterocycles. The molecule has 4 aromatic rings. The molecule has 2 N–H and O–H groups in total. The minimum Gasteiger partial charge on any atom is -0.350 e. The Morgan fingerprint density at radius 1 is 1.12 bits per heavy atom. The molecule has 2 amide bonds. The summed E-state index contributed by atoms with van der Waals surface area (Å²) in [5.74, 6) is -0.00514. The Balaban J connectivity index is 1.38. The molecule has 0 atom stereocenters. The number of amides is 2. The van der Waals surface area contributed by atoms with Crippen LogP contribution in [0.25, 0.3) is 10.9 Å². The van der Waals surface area contributed by atoms with Gasteiger partial charge in [-0.2, -0.15) is 0 Å². The van der Waals surface area contributed by atoms with E-state index in [1.54, 1.807) is 24.3 Å². The Kier molecular flexibility index (Phi) is 7.09. The number of nitrogens with one attached hydrogen (secondary N) is 2. The Morgan fingerprint density at radius 3 is 2.66 bits per heavy atom. The second-order valence-electron chi connectivity index (χ2n) is 6.93. The third-order valence-electron chi connectivity index (χ3n) is 4.63. The lowest BCUT2D eigenvalue weighted by Crippen LogP contribution is -2.27. The molecule has 10 heteroatoms. The van der Waals surface area contributed by atoms with Crippen molar-refractivity contribution < 1.29 is 9.59 Å². The fourth-order valence-electron chi connectivity index (χ4n) is 3.15. The molecule has 0 radical (unpaired) electrons. The highest BCUT2D eigenvalue weighted by Crippen LogP contribution is 2.30. The molecule has 2 aromatic carbocycles. The Hall–Kier alpha value is -2.88. The zero-order valence-corrected chi connectivity index (χ0v) is 19.6. The molecule has 0 unspecified atom stereocenters. The minimum atomic E-state index is -0.142. The van der Waals surface area contributed by atoms with Gasteiger partial charge in [-0.05, 0) is 37.3 Å². The zero-order chi connectivity index (χ0) is 22.5. The summed E-state index contributed by atoms with van der Waals surface area (Å²) in [6, 6.07) is 14.8. The molecule has 0 aliphatic carbocycles. The standard InChI is InChI=1S/C22H20ClN5O2S2/c1-14-26-27-22(32-14)25-20(29)13-31-19-12-28(18-5-3-2-4-17(18)19)11-10-24-21(30)15-6-8-16(23)9-7-15/h2-9,12H,10-11,13H2,1H3,(H,24,30)(H,25,27,29). The van der Waals surface area contributed by atoms with E-state index in [0.717, 1.165) is 20.8 Å². The summed E-state index contributed by atoms with van der Waals surface area (Å²) in [6.45, 7) is 2.92. The second kappa shape index (κ2) is 10.2. The van der Waals surface area contributed by atoms with Crippen molar-refractivity contribution in [1.29, 1.82) is 0 Å². The first-order valence-electron chi connectivity index (χ1n) is 9.84. The molecule has 32 heavy (non-hydrogen) atoms. The summed E-state index contributed by atoms with van der Waals surface area (Å²) in [5, 5.41) is 16.5. The van der Waals surface area contributed by atoms with E-state index in [-0.39, 0.29) is 17.6 Å². The number of carbonyl (C=O) groups excluding carboxylic acids is 2. The smallest absolute Gasteiger partial charge is 0.251 e. The average molecular weight is 486 g/mol. The van der Waals surface area contributed by atoms with Crippen molar-refractivity contribution in [1.82, 2.24) is 20.1 Å². The molecular weight excluding hydrogens is 466 g/mol. The number of hydrogen-bond acceptors (Lipinski definition) is 6. The van der Waals surface area contributed by atoms with Crippen molar-refractivity contribution in [2.45, 2.75) is 18.4 Å². The van der Waals surface area contributed by atoms with Crippen LogP contribution < -0.4 is 10.6 Å². The fourth-order valence-corrected chi connectivity index (χ4v) is 4.77. The number of halogens is 1. The normalized spacial score (nSPS) is 10.9. The van der Waals surface area contributed by atoms with Crippen LogP contribution in [0.5, 0.6) is 0 Å². The monoisotopic (exact) mass is 485 g/mol. The van der Waals surface area contributed by atoms with E-state index in [2.05, 4.69) is 25.4 Å². The number of hydrogen-bond donors (Lipinski definition) is 2. The van der Waals surface area contributed by atoms with Gasteiger partial charge in [-0.3, -0.25) is 14.9 Å². The van der Waals surface area contributed by atoms with Gasteiger partial charge in [-0.15, -0.1) is 22.0 Å². The van der Waals surface area contributed by atoms with Crippen molar-refractivity contribution in [3.05, 3.63) is 70.3 Å². The van der Waals surface area contributed by atoms with Gasteiger partial charge in [0.25, 0.3) is 5.91 Å². The molecule has 2 aromatic heterocycles. The van der Waals surface area contributed by atoms with E-state index >= 15 is 0 Å². The number of carbonyl (C=O) groups is 2. The molecular formula is C22H20ClN5O2S2. The number of aryl methyl sites for hydroxylation is 1. The van der Waals surface area contributed by atoms with Crippen molar-refractivity contribution in [3.63, 3.8) is 0 Å². The lowest BCUT2D eigenvalue weighted by atomic mass is 10.2. The number of aromatic nitrogens is 3. The summed E-state index contributed by atoms with van der Waals surface area (Å²) in [7, 11) is 0. The first-order valence-corrected chi connectivity index (χ1v) is 12.0. The molecule has 0 aliphatic rings. The highest BCUT2D eigenvalue weighted by molar-refractivity contribution is 8.00. The van der Waals surface area contributed by atoms with E-state index in [0.29, 0.717) is 28.8 Å². The van der Waals surface area contributed by atoms with E-state index in [9.17, 15) is 9.59 Å². The molecule has 4 rings (SSSR count). The van der Waals surface area contributed by atoms with Crippen LogP contribution in [0, 0.1) is 6.92 Å². The van der Waals surface area contributed by atoms with Crippen LogP contribution in [-0.4, -0.2) is 38.9 Å². The van der Waals surface area contributed by atoms with Crippen LogP contribution in [0.4, 0.5) is 5.13 Å². The van der Waals surface area contributed by atoms with Gasteiger partial charge in [0.15, 0.2) is 0 Å². The molecule has 0 fully saturated rings. The van der Waals surface area contributed by atoms with E-state index in [1.165, 1.54) is 23.1 Å². The van der Waals surface area contributed by atoms with Gasteiger partial charge in [0.05, 0.1) is 5.75 Å². The van der Waals surface area contributed by atoms with Crippen molar-refractivity contribution in [2.75, 3.05) is 17.6 Å². The molecule has 0 saturated heterocycles. The summed E-state index contributed by atoms with van der Waals surface area (Å²) in [5.41, 5.74) is 1.62. The van der Waals surface area contributed by atoms with Gasteiger partial charge in [-0.25, -0.2) is 0 Å². The minimum absolute atomic E-state index is 0.127. The summed E-state index contributed by atoms with van der Waals surface area (Å²) in [4.78, 5) is 25.6. The summed E-state index contributed by atoms with van der Waals surface area (Å²) in [6.07, 6.45) is 2.02. The largest absolute Gasteiger partial charge is 0.350 e. The quantitative estimate of drug-likeness (QED) is 0.355. The van der Waals surface area contributed by atoms with E-state index < -0.39 is 0 Å². The Bertz CT molecular complexity index is 1250. The van der Waals surface area contributed by atoms with Gasteiger partial charge in [0.1, 0.15) is 5.01 Å². The first kappa shape index (κ1) is 22.3. The lowest BCUT2D eigenvalue weighted by Gasteiger charge is -2.08. The predicted molar refractivity (Wildman–Crippen MR) is 130 cm³/mol. The van der Waals surface area contributed by atoms with Crippen molar-refractivity contribution >= 4 is 62.5 Å². The SMILES string of the molecule is Cc1nnc(NC(=O)CSc2cn(CCNC(=O)c3ccc(Cl)cc3)c3ccccc23)s1. The van der Waals surface area contributed by atoms with Gasteiger partial charge in [0, 0.05) is 45.7 Å². The van der Waals surface area contributed by atoms with Gasteiger partial charge < -0.3 is 9.88 Å². The molecule has 0 bridgehead atoms. The lowest BCUT2D eigenvalue weighted by molar-refractivity contribution is -0.113. The van der Waals surface area contributed by atoms with Crippen LogP contribution in [-0.2, 0) is 11.3 Å². The fraction of sp³-hybridized carbons (Fsp3) is 0.182. The van der Waals surface area contributed by atoms with Gasteiger partial charge in [0.2, 0.25) is 11.0 Å². The Morgan fingerprint density at radius 2 is 1.91 bits per heavy atom. The molecule has 7 nitrogen and oxygen atoms in total. The van der Waals surface area contributed by atoms with Crippen LogP contribution in [0.15, 0.2) is 59.6 Å². The Labute approximate surface area is 198 Å². The number of anilines is 1. The summed E-state index contributed by atoms with van der Waals surface area (Å²) < 4.78 is 2.09. The highest BCUT2D eigenvalue weighted by atomic mass is 35.5. The number of rotatable bonds is 8. The number of fused-ring (bicyclic) bond motifs is 1.